The number of hydrogen-bond acceptors (Lipinski definition) is 3. The molecule has 0 bridgehead atoms. The second kappa shape index (κ2) is 6.33. The predicted octanol–water partition coefficient (Wildman–Crippen LogP) is 2.02. The summed E-state index contributed by atoms with van der Waals surface area (Å²) in [6, 6.07) is 6.07. The summed E-state index contributed by atoms with van der Waals surface area (Å²) in [5, 5.41) is 7.64. The molecule has 0 fully saturated rings. The minimum Gasteiger partial charge on any atom is -0.376 e. The van der Waals surface area contributed by atoms with Crippen LogP contribution in [-0.4, -0.2) is 29.4 Å². The molecule has 0 aliphatic heterocycles. The third kappa shape index (κ3) is 3.42. The zero-order chi connectivity index (χ0) is 12.8. The Bertz CT molecular complexity index is 518. The first-order valence-corrected chi connectivity index (χ1v) is 6.11. The number of rotatable bonds is 7. The van der Waals surface area contributed by atoms with Crippen LogP contribution in [0.2, 0.25) is 0 Å². The number of nitrogens with zero attached hydrogens (tertiary/aromatic N) is 2. The molecule has 0 unspecified atom stereocenters. The quantitative estimate of drug-likeness (QED) is 0.599. The van der Waals surface area contributed by atoms with Gasteiger partial charge in [-0.05, 0) is 19.1 Å². The first-order valence-electron chi connectivity index (χ1n) is 6.11. The lowest BCUT2D eigenvalue weighted by Crippen LogP contribution is -2.19. The van der Waals surface area contributed by atoms with E-state index in [1.54, 1.807) is 0 Å². The van der Waals surface area contributed by atoms with Gasteiger partial charge in [-0.2, -0.15) is 5.10 Å². The summed E-state index contributed by atoms with van der Waals surface area (Å²) in [6.07, 6.45) is 3.85. The smallest absolute Gasteiger partial charge is 0.0706 e. The molecule has 96 valence electrons. The number of nitrogens with one attached hydrogen (secondary N) is 1. The van der Waals surface area contributed by atoms with Gasteiger partial charge >= 0.3 is 0 Å². The first-order chi connectivity index (χ1) is 8.77. The van der Waals surface area contributed by atoms with Crippen molar-refractivity contribution in [1.29, 1.82) is 0 Å². The SMILES string of the molecule is C=C(C)COCCNCc1cnn2ccccc12. The summed E-state index contributed by atoms with van der Waals surface area (Å²) in [4.78, 5) is 0. The Labute approximate surface area is 107 Å². The highest BCUT2D eigenvalue weighted by molar-refractivity contribution is 5.53. The predicted molar refractivity (Wildman–Crippen MR) is 72.5 cm³/mol. The van der Waals surface area contributed by atoms with E-state index in [2.05, 4.69) is 23.1 Å². The Kier molecular flexibility index (Phi) is 4.50. The molecule has 2 heterocycles. The average molecular weight is 245 g/mol. The Hall–Kier alpha value is -1.65. The van der Waals surface area contributed by atoms with Crippen molar-refractivity contribution in [2.45, 2.75) is 13.5 Å². The lowest BCUT2D eigenvalue weighted by molar-refractivity contribution is 0.158. The molecular formula is C14H19N3O. The van der Waals surface area contributed by atoms with Gasteiger partial charge in [0.15, 0.2) is 0 Å². The van der Waals surface area contributed by atoms with Crippen LogP contribution < -0.4 is 5.32 Å². The number of fused-ring (bicyclic) bond motifs is 1. The molecule has 0 spiro atoms. The van der Waals surface area contributed by atoms with Crippen LogP contribution in [0.5, 0.6) is 0 Å². The van der Waals surface area contributed by atoms with E-state index in [1.807, 2.05) is 36.0 Å². The van der Waals surface area contributed by atoms with Crippen LogP contribution in [0.3, 0.4) is 0 Å². The zero-order valence-corrected chi connectivity index (χ0v) is 10.7. The van der Waals surface area contributed by atoms with Gasteiger partial charge in [0.1, 0.15) is 0 Å². The first kappa shape index (κ1) is 12.8. The third-order valence-electron chi connectivity index (χ3n) is 2.59. The summed E-state index contributed by atoms with van der Waals surface area (Å²) in [5.74, 6) is 0. The van der Waals surface area contributed by atoms with E-state index in [1.165, 1.54) is 5.56 Å². The topological polar surface area (TPSA) is 38.6 Å². The van der Waals surface area contributed by atoms with E-state index in [-0.39, 0.29) is 0 Å². The monoisotopic (exact) mass is 245 g/mol. The average Bonchev–Trinajstić information content (AvgIpc) is 2.77. The summed E-state index contributed by atoms with van der Waals surface area (Å²) in [6.45, 7) is 8.73. The standard InChI is InChI=1S/C14H19N3O/c1-12(2)11-18-8-6-15-9-13-10-16-17-7-4-3-5-14(13)17/h3-5,7,10,15H,1,6,8-9,11H2,2H3. The fraction of sp³-hybridized carbons (Fsp3) is 0.357. The third-order valence-corrected chi connectivity index (χ3v) is 2.59. The van der Waals surface area contributed by atoms with E-state index in [0.29, 0.717) is 13.2 Å². The van der Waals surface area contributed by atoms with Gasteiger partial charge in [-0.25, -0.2) is 4.52 Å². The van der Waals surface area contributed by atoms with Crippen molar-refractivity contribution in [3.63, 3.8) is 0 Å². The van der Waals surface area contributed by atoms with Crippen molar-refractivity contribution in [2.24, 2.45) is 0 Å². The maximum Gasteiger partial charge on any atom is 0.0706 e. The van der Waals surface area contributed by atoms with E-state index in [9.17, 15) is 0 Å². The second-order valence-electron chi connectivity index (χ2n) is 4.39. The maximum absolute atomic E-state index is 5.42. The van der Waals surface area contributed by atoms with Crippen molar-refractivity contribution < 1.29 is 4.74 Å². The highest BCUT2D eigenvalue weighted by Gasteiger charge is 2.01. The Balaban J connectivity index is 1.75. The zero-order valence-electron chi connectivity index (χ0n) is 10.7. The van der Waals surface area contributed by atoms with Crippen LogP contribution in [0, 0.1) is 0 Å². The molecule has 0 amide bonds. The van der Waals surface area contributed by atoms with Gasteiger partial charge in [-0.1, -0.05) is 18.2 Å². The molecule has 0 radical (unpaired) electrons. The van der Waals surface area contributed by atoms with Gasteiger partial charge < -0.3 is 10.1 Å². The molecule has 4 heteroatoms. The van der Waals surface area contributed by atoms with Gasteiger partial charge in [0.25, 0.3) is 0 Å². The Morgan fingerprint density at radius 2 is 2.39 bits per heavy atom. The van der Waals surface area contributed by atoms with Crippen LogP contribution in [-0.2, 0) is 11.3 Å². The highest BCUT2D eigenvalue weighted by atomic mass is 16.5. The molecule has 2 aromatic rings. The van der Waals surface area contributed by atoms with E-state index in [4.69, 9.17) is 4.74 Å². The summed E-state index contributed by atoms with van der Waals surface area (Å²) in [5.41, 5.74) is 3.40. The van der Waals surface area contributed by atoms with Crippen LogP contribution >= 0.6 is 0 Å². The number of pyridine rings is 1. The molecule has 0 saturated carbocycles. The van der Waals surface area contributed by atoms with Crippen LogP contribution in [0.25, 0.3) is 5.52 Å². The van der Waals surface area contributed by atoms with E-state index in [0.717, 1.165) is 24.2 Å². The molecule has 2 rings (SSSR count). The Morgan fingerprint density at radius 1 is 1.50 bits per heavy atom. The minimum absolute atomic E-state index is 0.637. The van der Waals surface area contributed by atoms with Crippen molar-refractivity contribution in [2.75, 3.05) is 19.8 Å². The van der Waals surface area contributed by atoms with Crippen LogP contribution in [0.1, 0.15) is 12.5 Å². The van der Waals surface area contributed by atoms with E-state index < -0.39 is 0 Å². The summed E-state index contributed by atoms with van der Waals surface area (Å²) >= 11 is 0. The summed E-state index contributed by atoms with van der Waals surface area (Å²) in [7, 11) is 0. The van der Waals surface area contributed by atoms with Gasteiger partial charge in [0.2, 0.25) is 0 Å². The molecule has 1 N–H and O–H groups in total. The molecule has 2 aromatic heterocycles. The number of hydrogen-bond donors (Lipinski definition) is 1. The van der Waals surface area contributed by atoms with Crippen LogP contribution in [0.4, 0.5) is 0 Å². The highest BCUT2D eigenvalue weighted by Crippen LogP contribution is 2.08. The van der Waals surface area contributed by atoms with Gasteiger partial charge in [0, 0.05) is 24.8 Å². The molecule has 4 nitrogen and oxygen atoms in total. The van der Waals surface area contributed by atoms with Gasteiger partial charge in [-0.3, -0.25) is 0 Å². The Morgan fingerprint density at radius 3 is 3.22 bits per heavy atom. The van der Waals surface area contributed by atoms with Gasteiger partial charge in [-0.15, -0.1) is 0 Å². The van der Waals surface area contributed by atoms with Crippen molar-refractivity contribution in [3.8, 4) is 0 Å². The molecule has 0 aliphatic carbocycles. The molecule has 0 aromatic carbocycles. The summed E-state index contributed by atoms with van der Waals surface area (Å²) < 4.78 is 7.30. The lowest BCUT2D eigenvalue weighted by Gasteiger charge is -2.05. The molecule has 18 heavy (non-hydrogen) atoms. The minimum atomic E-state index is 0.637. The normalized spacial score (nSPS) is 10.9. The fourth-order valence-corrected chi connectivity index (χ4v) is 1.74. The van der Waals surface area contributed by atoms with Crippen molar-refractivity contribution >= 4 is 5.52 Å². The lowest BCUT2D eigenvalue weighted by atomic mass is 10.2. The van der Waals surface area contributed by atoms with Gasteiger partial charge in [0.05, 0.1) is 24.9 Å². The molecular weight excluding hydrogens is 226 g/mol. The van der Waals surface area contributed by atoms with Crippen LogP contribution in [0.15, 0.2) is 42.7 Å². The number of ether oxygens (including phenoxy) is 1. The second-order valence-corrected chi connectivity index (χ2v) is 4.39. The molecule has 0 aliphatic rings. The van der Waals surface area contributed by atoms with Crippen molar-refractivity contribution in [1.82, 2.24) is 14.9 Å². The fourth-order valence-electron chi connectivity index (χ4n) is 1.74. The molecule has 0 atom stereocenters. The number of aromatic nitrogens is 2. The molecule has 0 saturated heterocycles. The maximum atomic E-state index is 5.42. The largest absolute Gasteiger partial charge is 0.376 e. The van der Waals surface area contributed by atoms with E-state index >= 15 is 0 Å². The van der Waals surface area contributed by atoms with Crippen molar-refractivity contribution in [3.05, 3.63) is 48.3 Å².